The van der Waals surface area contributed by atoms with Crippen LogP contribution < -0.4 is 10.2 Å². The largest absolute Gasteiger partial charge is 0.357 e. The van der Waals surface area contributed by atoms with E-state index in [1.54, 1.807) is 11.8 Å². The van der Waals surface area contributed by atoms with Crippen molar-refractivity contribution in [3.8, 4) is 0 Å². The van der Waals surface area contributed by atoms with E-state index in [9.17, 15) is 0 Å². The molecule has 1 aromatic rings. The van der Waals surface area contributed by atoms with Gasteiger partial charge in [0.25, 0.3) is 0 Å². The lowest BCUT2D eigenvalue weighted by atomic mass is 10.1. The number of piperidine rings is 1. The fourth-order valence-electron chi connectivity index (χ4n) is 1.95. The molecule has 5 nitrogen and oxygen atoms in total. The van der Waals surface area contributed by atoms with Crippen LogP contribution in [0.1, 0.15) is 32.6 Å². The van der Waals surface area contributed by atoms with Crippen molar-refractivity contribution in [2.24, 2.45) is 0 Å². The van der Waals surface area contributed by atoms with Crippen LogP contribution in [0.3, 0.4) is 0 Å². The molecule has 1 aliphatic heterocycles. The van der Waals surface area contributed by atoms with Crippen LogP contribution in [0.2, 0.25) is 0 Å². The molecule has 1 aliphatic rings. The fraction of sp³-hybridized carbons (Fsp3) is 0.750. The number of hydrogen-bond donors (Lipinski definition) is 1. The van der Waals surface area contributed by atoms with Crippen LogP contribution in [0.25, 0.3) is 0 Å². The molecule has 0 saturated carbocycles. The Hall–Kier alpha value is -1.04. The Morgan fingerprint density at radius 3 is 2.61 bits per heavy atom. The molecule has 18 heavy (non-hydrogen) atoms. The highest BCUT2D eigenvalue weighted by atomic mass is 32.2. The van der Waals surface area contributed by atoms with Gasteiger partial charge in [-0.15, -0.1) is 0 Å². The second-order valence-electron chi connectivity index (χ2n) is 4.39. The third kappa shape index (κ3) is 3.48. The van der Waals surface area contributed by atoms with Crippen molar-refractivity contribution in [2.45, 2.75) is 37.8 Å². The van der Waals surface area contributed by atoms with Crippen LogP contribution in [0.4, 0.5) is 11.9 Å². The summed E-state index contributed by atoms with van der Waals surface area (Å²) in [6, 6.07) is 0. The number of hydrogen-bond acceptors (Lipinski definition) is 6. The molecule has 0 atom stereocenters. The highest BCUT2D eigenvalue weighted by molar-refractivity contribution is 7.99. The number of anilines is 2. The van der Waals surface area contributed by atoms with Crippen molar-refractivity contribution >= 4 is 23.7 Å². The zero-order valence-corrected chi connectivity index (χ0v) is 12.0. The Kier molecular flexibility index (Phi) is 5.04. The molecule has 0 aromatic carbocycles. The van der Waals surface area contributed by atoms with Gasteiger partial charge in [0.2, 0.25) is 11.9 Å². The smallest absolute Gasteiger partial charge is 0.231 e. The lowest BCUT2D eigenvalue weighted by Gasteiger charge is -2.26. The van der Waals surface area contributed by atoms with Crippen LogP contribution in [0.15, 0.2) is 5.16 Å². The van der Waals surface area contributed by atoms with Gasteiger partial charge in [-0.1, -0.05) is 18.7 Å². The van der Waals surface area contributed by atoms with Crippen molar-refractivity contribution in [1.82, 2.24) is 15.0 Å². The second-order valence-corrected chi connectivity index (χ2v) is 5.45. The zero-order valence-electron chi connectivity index (χ0n) is 11.1. The van der Waals surface area contributed by atoms with E-state index in [0.717, 1.165) is 36.4 Å². The molecular weight excluding hydrogens is 246 g/mol. The summed E-state index contributed by atoms with van der Waals surface area (Å²) in [5.74, 6) is 2.55. The molecule has 0 radical (unpaired) electrons. The predicted octanol–water partition coefficient (Wildman–Crippen LogP) is 2.41. The molecular formula is C12H21N5S. The summed E-state index contributed by atoms with van der Waals surface area (Å²) in [6.45, 7) is 4.29. The van der Waals surface area contributed by atoms with Crippen LogP contribution in [-0.4, -0.2) is 40.8 Å². The van der Waals surface area contributed by atoms with E-state index in [2.05, 4.69) is 32.1 Å². The van der Waals surface area contributed by atoms with E-state index < -0.39 is 0 Å². The third-order valence-electron chi connectivity index (χ3n) is 2.90. The summed E-state index contributed by atoms with van der Waals surface area (Å²) in [4.78, 5) is 15.7. The van der Waals surface area contributed by atoms with E-state index in [4.69, 9.17) is 0 Å². The van der Waals surface area contributed by atoms with Gasteiger partial charge in [-0.3, -0.25) is 0 Å². The van der Waals surface area contributed by atoms with E-state index in [1.807, 2.05) is 7.05 Å². The summed E-state index contributed by atoms with van der Waals surface area (Å²) < 4.78 is 0. The van der Waals surface area contributed by atoms with Gasteiger partial charge in [0.15, 0.2) is 5.16 Å². The van der Waals surface area contributed by atoms with Gasteiger partial charge in [0, 0.05) is 25.9 Å². The van der Waals surface area contributed by atoms with Gasteiger partial charge in [0.1, 0.15) is 0 Å². The van der Waals surface area contributed by atoms with Crippen molar-refractivity contribution in [2.75, 3.05) is 36.1 Å². The second kappa shape index (κ2) is 6.78. The molecule has 1 N–H and O–H groups in total. The quantitative estimate of drug-likeness (QED) is 0.827. The van der Waals surface area contributed by atoms with Crippen LogP contribution in [-0.2, 0) is 0 Å². The average Bonchev–Trinajstić information content (AvgIpc) is 2.45. The minimum Gasteiger partial charge on any atom is -0.357 e. The Morgan fingerprint density at radius 2 is 1.94 bits per heavy atom. The van der Waals surface area contributed by atoms with Gasteiger partial charge < -0.3 is 10.2 Å². The molecule has 0 aliphatic carbocycles. The van der Waals surface area contributed by atoms with Gasteiger partial charge in [0.05, 0.1) is 0 Å². The first-order chi connectivity index (χ1) is 8.83. The van der Waals surface area contributed by atoms with Gasteiger partial charge >= 0.3 is 0 Å². The van der Waals surface area contributed by atoms with Gasteiger partial charge in [-0.2, -0.15) is 15.0 Å². The molecule has 2 rings (SSSR count). The molecule has 100 valence electrons. The van der Waals surface area contributed by atoms with E-state index in [0.29, 0.717) is 5.95 Å². The summed E-state index contributed by atoms with van der Waals surface area (Å²) in [6.07, 6.45) is 4.91. The van der Waals surface area contributed by atoms with Crippen LogP contribution in [0.5, 0.6) is 0 Å². The maximum atomic E-state index is 4.57. The lowest BCUT2D eigenvalue weighted by molar-refractivity contribution is 0.565. The summed E-state index contributed by atoms with van der Waals surface area (Å²) in [7, 11) is 1.85. The van der Waals surface area contributed by atoms with Gasteiger partial charge in [-0.05, 0) is 25.7 Å². The van der Waals surface area contributed by atoms with Crippen LogP contribution in [0, 0.1) is 0 Å². The number of aromatic nitrogens is 3. The first kappa shape index (κ1) is 13.4. The molecule has 1 fully saturated rings. The van der Waals surface area contributed by atoms with Gasteiger partial charge in [-0.25, -0.2) is 0 Å². The predicted molar refractivity (Wildman–Crippen MR) is 76.5 cm³/mol. The standard InChI is InChI=1S/C12H21N5S/c1-3-9-18-12-15-10(13-2)14-11(16-12)17-7-5-4-6-8-17/h3-9H2,1-2H3,(H,13,14,15,16). The first-order valence-corrected chi connectivity index (χ1v) is 7.63. The minimum absolute atomic E-state index is 0.671. The lowest BCUT2D eigenvalue weighted by Crippen LogP contribution is -2.31. The average molecular weight is 267 g/mol. The van der Waals surface area contributed by atoms with Crippen molar-refractivity contribution in [3.05, 3.63) is 0 Å². The van der Waals surface area contributed by atoms with Crippen molar-refractivity contribution < 1.29 is 0 Å². The minimum atomic E-state index is 0.671. The summed E-state index contributed by atoms with van der Waals surface area (Å²) in [5.41, 5.74) is 0. The monoisotopic (exact) mass is 267 g/mol. The number of nitrogens with zero attached hydrogens (tertiary/aromatic N) is 4. The molecule has 0 spiro atoms. The van der Waals surface area contributed by atoms with Crippen molar-refractivity contribution in [3.63, 3.8) is 0 Å². The summed E-state index contributed by atoms with van der Waals surface area (Å²) >= 11 is 1.70. The summed E-state index contributed by atoms with van der Waals surface area (Å²) in [5, 5.41) is 3.85. The highest BCUT2D eigenvalue weighted by Gasteiger charge is 2.15. The Labute approximate surface area is 113 Å². The normalized spacial score (nSPS) is 15.8. The Bertz CT molecular complexity index is 379. The third-order valence-corrected chi connectivity index (χ3v) is 3.95. The molecule has 6 heteroatoms. The topological polar surface area (TPSA) is 53.9 Å². The Balaban J connectivity index is 2.16. The number of thioether (sulfide) groups is 1. The van der Waals surface area contributed by atoms with Crippen molar-refractivity contribution in [1.29, 1.82) is 0 Å². The Morgan fingerprint density at radius 1 is 1.17 bits per heavy atom. The van der Waals surface area contributed by atoms with E-state index >= 15 is 0 Å². The maximum absolute atomic E-state index is 4.57. The number of nitrogens with one attached hydrogen (secondary N) is 1. The molecule has 0 bridgehead atoms. The van der Waals surface area contributed by atoms with E-state index in [-0.39, 0.29) is 0 Å². The number of rotatable bonds is 5. The molecule has 1 saturated heterocycles. The maximum Gasteiger partial charge on any atom is 0.231 e. The SMILES string of the molecule is CCCSc1nc(NC)nc(N2CCCCC2)n1. The van der Waals surface area contributed by atoms with Crippen LogP contribution >= 0.6 is 11.8 Å². The molecule has 0 unspecified atom stereocenters. The van der Waals surface area contributed by atoms with E-state index in [1.165, 1.54) is 19.3 Å². The first-order valence-electron chi connectivity index (χ1n) is 6.65. The fourth-order valence-corrected chi connectivity index (χ4v) is 2.63. The molecule has 2 heterocycles. The molecule has 0 amide bonds. The highest BCUT2D eigenvalue weighted by Crippen LogP contribution is 2.21. The zero-order chi connectivity index (χ0) is 12.8. The molecule has 1 aromatic heterocycles.